The average Bonchev–Trinajstić information content (AvgIpc) is 2.46. The SMILES string of the molecule is O=C(O)c1ccc2c(c1)CN(CCCCCCO)CC2. The molecule has 110 valence electrons. The number of rotatable bonds is 7. The van der Waals surface area contributed by atoms with E-state index in [1.807, 2.05) is 12.1 Å². The molecule has 0 bridgehead atoms. The Morgan fingerprint density at radius 1 is 1.15 bits per heavy atom. The van der Waals surface area contributed by atoms with Crippen LogP contribution < -0.4 is 0 Å². The first-order valence-electron chi connectivity index (χ1n) is 7.39. The molecule has 4 nitrogen and oxygen atoms in total. The van der Waals surface area contributed by atoms with Gasteiger partial charge in [-0.25, -0.2) is 4.79 Å². The molecule has 2 N–H and O–H groups in total. The second-order valence-electron chi connectivity index (χ2n) is 5.45. The van der Waals surface area contributed by atoms with Gasteiger partial charge in [-0.1, -0.05) is 18.9 Å². The molecule has 0 amide bonds. The fraction of sp³-hybridized carbons (Fsp3) is 0.562. The van der Waals surface area contributed by atoms with Gasteiger partial charge >= 0.3 is 5.97 Å². The van der Waals surface area contributed by atoms with Gasteiger partial charge < -0.3 is 10.2 Å². The Labute approximate surface area is 120 Å². The number of aliphatic hydroxyl groups excluding tert-OH is 1. The maximum Gasteiger partial charge on any atom is 0.335 e. The van der Waals surface area contributed by atoms with Gasteiger partial charge in [-0.05, 0) is 49.1 Å². The molecule has 0 fully saturated rings. The smallest absolute Gasteiger partial charge is 0.335 e. The lowest BCUT2D eigenvalue weighted by Crippen LogP contribution is -2.31. The van der Waals surface area contributed by atoms with Crippen molar-refractivity contribution in [1.82, 2.24) is 4.90 Å². The Bertz CT molecular complexity index is 459. The summed E-state index contributed by atoms with van der Waals surface area (Å²) in [6.45, 7) is 3.26. The molecule has 1 aromatic carbocycles. The van der Waals surface area contributed by atoms with Gasteiger partial charge in [-0.3, -0.25) is 4.90 Å². The van der Waals surface area contributed by atoms with Crippen molar-refractivity contribution in [3.63, 3.8) is 0 Å². The van der Waals surface area contributed by atoms with Crippen molar-refractivity contribution in [2.24, 2.45) is 0 Å². The minimum absolute atomic E-state index is 0.287. The van der Waals surface area contributed by atoms with E-state index in [0.29, 0.717) is 5.56 Å². The van der Waals surface area contributed by atoms with Crippen LogP contribution >= 0.6 is 0 Å². The lowest BCUT2D eigenvalue weighted by Gasteiger charge is -2.29. The van der Waals surface area contributed by atoms with E-state index in [1.165, 1.54) is 5.56 Å². The lowest BCUT2D eigenvalue weighted by molar-refractivity contribution is 0.0696. The van der Waals surface area contributed by atoms with Crippen LogP contribution in [-0.4, -0.2) is 40.8 Å². The molecule has 0 radical (unpaired) electrons. The first-order valence-corrected chi connectivity index (χ1v) is 7.39. The number of carboxylic acids is 1. The van der Waals surface area contributed by atoms with E-state index in [1.54, 1.807) is 6.07 Å². The molecule has 20 heavy (non-hydrogen) atoms. The maximum absolute atomic E-state index is 11.0. The van der Waals surface area contributed by atoms with E-state index in [-0.39, 0.29) is 6.61 Å². The predicted octanol–water partition coefficient (Wildman–Crippen LogP) is 2.30. The van der Waals surface area contributed by atoms with E-state index < -0.39 is 5.97 Å². The molecule has 4 heteroatoms. The van der Waals surface area contributed by atoms with Gasteiger partial charge in [0.1, 0.15) is 0 Å². The molecule has 1 aliphatic heterocycles. The average molecular weight is 277 g/mol. The topological polar surface area (TPSA) is 60.8 Å². The fourth-order valence-corrected chi connectivity index (χ4v) is 2.74. The van der Waals surface area contributed by atoms with Crippen LogP contribution in [0.15, 0.2) is 18.2 Å². The predicted molar refractivity (Wildman–Crippen MR) is 77.9 cm³/mol. The summed E-state index contributed by atoms with van der Waals surface area (Å²) >= 11 is 0. The lowest BCUT2D eigenvalue weighted by atomic mass is 9.97. The molecule has 0 atom stereocenters. The van der Waals surface area contributed by atoms with Gasteiger partial charge in [0.05, 0.1) is 5.56 Å². The number of nitrogens with zero attached hydrogens (tertiary/aromatic N) is 1. The molecule has 0 spiro atoms. The molecule has 1 aliphatic rings. The molecule has 0 saturated heterocycles. The molecule has 1 heterocycles. The van der Waals surface area contributed by atoms with Crippen LogP contribution in [-0.2, 0) is 13.0 Å². The number of benzene rings is 1. The minimum atomic E-state index is -0.853. The Morgan fingerprint density at radius 3 is 2.70 bits per heavy atom. The van der Waals surface area contributed by atoms with Gasteiger partial charge in [-0.15, -0.1) is 0 Å². The fourth-order valence-electron chi connectivity index (χ4n) is 2.74. The van der Waals surface area contributed by atoms with Crippen LogP contribution in [0.5, 0.6) is 0 Å². The largest absolute Gasteiger partial charge is 0.478 e. The summed E-state index contributed by atoms with van der Waals surface area (Å²) in [4.78, 5) is 13.4. The number of unbranched alkanes of at least 4 members (excludes halogenated alkanes) is 3. The number of hydrogen-bond acceptors (Lipinski definition) is 3. The second kappa shape index (κ2) is 7.41. The minimum Gasteiger partial charge on any atom is -0.478 e. The summed E-state index contributed by atoms with van der Waals surface area (Å²) in [5, 5.41) is 17.8. The Balaban J connectivity index is 1.86. The third-order valence-corrected chi connectivity index (χ3v) is 3.93. The number of aromatic carboxylic acids is 1. The van der Waals surface area contributed by atoms with E-state index in [2.05, 4.69) is 4.90 Å². The van der Waals surface area contributed by atoms with Crippen LogP contribution in [0, 0.1) is 0 Å². The number of carbonyl (C=O) groups is 1. The summed E-state index contributed by atoms with van der Waals surface area (Å²) in [6.07, 6.45) is 5.29. The zero-order valence-electron chi connectivity index (χ0n) is 11.8. The van der Waals surface area contributed by atoms with Crippen molar-refractivity contribution >= 4 is 5.97 Å². The summed E-state index contributed by atoms with van der Waals surface area (Å²) in [5.74, 6) is -0.853. The normalized spacial score (nSPS) is 15.1. The molecule has 0 aliphatic carbocycles. The van der Waals surface area contributed by atoms with Gasteiger partial charge in [0.2, 0.25) is 0 Å². The first-order chi connectivity index (χ1) is 9.70. The zero-order valence-corrected chi connectivity index (χ0v) is 11.8. The van der Waals surface area contributed by atoms with E-state index >= 15 is 0 Å². The molecule has 1 aromatic rings. The summed E-state index contributed by atoms with van der Waals surface area (Å²) in [7, 11) is 0. The van der Waals surface area contributed by atoms with Gasteiger partial charge in [0.15, 0.2) is 0 Å². The molecular weight excluding hydrogens is 254 g/mol. The van der Waals surface area contributed by atoms with Crippen LogP contribution in [0.4, 0.5) is 0 Å². The highest BCUT2D eigenvalue weighted by molar-refractivity contribution is 5.87. The molecule has 0 saturated carbocycles. The van der Waals surface area contributed by atoms with Crippen LogP contribution in [0.1, 0.15) is 47.2 Å². The van der Waals surface area contributed by atoms with Crippen molar-refractivity contribution in [3.05, 3.63) is 34.9 Å². The zero-order chi connectivity index (χ0) is 14.4. The Hall–Kier alpha value is -1.39. The highest BCUT2D eigenvalue weighted by Crippen LogP contribution is 2.21. The van der Waals surface area contributed by atoms with Crippen molar-refractivity contribution < 1.29 is 15.0 Å². The highest BCUT2D eigenvalue weighted by atomic mass is 16.4. The van der Waals surface area contributed by atoms with Gasteiger partial charge in [-0.2, -0.15) is 0 Å². The standard InChI is InChI=1S/C16H23NO3/c18-10-4-2-1-3-8-17-9-7-13-5-6-14(16(19)20)11-15(13)12-17/h5-6,11,18H,1-4,7-10,12H2,(H,19,20). The molecule has 0 aromatic heterocycles. The van der Waals surface area contributed by atoms with E-state index in [9.17, 15) is 4.79 Å². The van der Waals surface area contributed by atoms with Gasteiger partial charge in [0, 0.05) is 19.7 Å². The highest BCUT2D eigenvalue weighted by Gasteiger charge is 2.17. The third kappa shape index (κ3) is 4.05. The second-order valence-corrected chi connectivity index (χ2v) is 5.45. The quantitative estimate of drug-likeness (QED) is 0.751. The summed E-state index contributed by atoms with van der Waals surface area (Å²) in [5.41, 5.74) is 2.83. The molecule has 2 rings (SSSR count). The third-order valence-electron chi connectivity index (χ3n) is 3.93. The monoisotopic (exact) mass is 277 g/mol. The number of carboxylic acid groups (broad SMARTS) is 1. The Morgan fingerprint density at radius 2 is 1.95 bits per heavy atom. The van der Waals surface area contributed by atoms with E-state index in [4.69, 9.17) is 10.2 Å². The van der Waals surface area contributed by atoms with Crippen LogP contribution in [0.2, 0.25) is 0 Å². The number of hydrogen-bond donors (Lipinski definition) is 2. The summed E-state index contributed by atoms with van der Waals surface area (Å²) < 4.78 is 0. The van der Waals surface area contributed by atoms with Crippen LogP contribution in [0.25, 0.3) is 0 Å². The first kappa shape index (κ1) is 15.0. The van der Waals surface area contributed by atoms with E-state index in [0.717, 1.165) is 57.3 Å². The van der Waals surface area contributed by atoms with Crippen molar-refractivity contribution in [2.75, 3.05) is 19.7 Å². The van der Waals surface area contributed by atoms with Crippen molar-refractivity contribution in [3.8, 4) is 0 Å². The Kier molecular flexibility index (Phi) is 5.56. The molecule has 0 unspecified atom stereocenters. The van der Waals surface area contributed by atoms with Crippen LogP contribution in [0.3, 0.4) is 0 Å². The number of aliphatic hydroxyl groups is 1. The van der Waals surface area contributed by atoms with Crippen molar-refractivity contribution in [1.29, 1.82) is 0 Å². The van der Waals surface area contributed by atoms with Gasteiger partial charge in [0.25, 0.3) is 0 Å². The van der Waals surface area contributed by atoms with Crippen molar-refractivity contribution in [2.45, 2.75) is 38.6 Å². The summed E-state index contributed by atoms with van der Waals surface area (Å²) in [6, 6.07) is 5.47. The maximum atomic E-state index is 11.0. The molecular formula is C16H23NO3. The number of fused-ring (bicyclic) bond motifs is 1.